The van der Waals surface area contributed by atoms with E-state index in [0.717, 1.165) is 0 Å². The van der Waals surface area contributed by atoms with Crippen molar-refractivity contribution in [3.8, 4) is 0 Å². The molecule has 0 spiro atoms. The Balaban J connectivity index is 2.79. The molecule has 2 unspecified atom stereocenters. The molecular weight excluding hydrogens is 163 g/mol. The molecule has 0 aliphatic carbocycles. The van der Waals surface area contributed by atoms with Gasteiger partial charge in [-0.05, 0) is 0 Å². The van der Waals surface area contributed by atoms with Crippen LogP contribution < -0.4 is 0 Å². The lowest BCUT2D eigenvalue weighted by molar-refractivity contribution is -0.143. The summed E-state index contributed by atoms with van der Waals surface area (Å²) in [7, 11) is -3.79. The monoisotopic (exact) mass is 170 g/mol. The normalized spacial score (nSPS) is 43.4. The molecule has 0 amide bonds. The van der Waals surface area contributed by atoms with Crippen molar-refractivity contribution in [3.05, 3.63) is 0 Å². The molecular formula is C3H7O6P. The van der Waals surface area contributed by atoms with E-state index in [0.29, 0.717) is 0 Å². The number of aliphatic hydroxyl groups is 3. The van der Waals surface area contributed by atoms with Gasteiger partial charge in [0.05, 0.1) is 6.61 Å². The van der Waals surface area contributed by atoms with Gasteiger partial charge in [-0.15, -0.1) is 0 Å². The lowest BCUT2D eigenvalue weighted by Gasteiger charge is -1.94. The molecule has 0 radical (unpaired) electrons. The van der Waals surface area contributed by atoms with E-state index in [9.17, 15) is 4.57 Å². The summed E-state index contributed by atoms with van der Waals surface area (Å²) >= 11 is 0. The van der Waals surface area contributed by atoms with Gasteiger partial charge in [-0.1, -0.05) is 0 Å². The van der Waals surface area contributed by atoms with Crippen LogP contribution in [0.1, 0.15) is 0 Å². The smallest absolute Gasteiger partial charge is 0.302 e. The molecule has 1 fully saturated rings. The highest BCUT2D eigenvalue weighted by Crippen LogP contribution is 2.79. The van der Waals surface area contributed by atoms with Crippen LogP contribution in [0.25, 0.3) is 0 Å². The zero-order chi connectivity index (χ0) is 7.99. The van der Waals surface area contributed by atoms with E-state index < -0.39 is 25.2 Å². The Bertz CT molecular complexity index is 187. The second-order valence-electron chi connectivity index (χ2n) is 2.06. The third-order valence-corrected chi connectivity index (χ3v) is 4.08. The summed E-state index contributed by atoms with van der Waals surface area (Å²) in [6.07, 6.45) is 0. The summed E-state index contributed by atoms with van der Waals surface area (Å²) < 4.78 is 14.1. The summed E-state index contributed by atoms with van der Waals surface area (Å²) in [6, 6.07) is 0. The summed E-state index contributed by atoms with van der Waals surface area (Å²) in [5.41, 5.74) is -3.82. The SMILES string of the molecule is O=P1(OO)C(CO)C1(O)O. The Hall–Kier alpha value is 0.0300. The molecule has 10 heavy (non-hydrogen) atoms. The van der Waals surface area contributed by atoms with Crippen molar-refractivity contribution in [2.45, 2.75) is 11.2 Å². The van der Waals surface area contributed by atoms with Gasteiger partial charge in [0.1, 0.15) is 5.66 Å². The van der Waals surface area contributed by atoms with E-state index in [1.54, 1.807) is 0 Å². The van der Waals surface area contributed by atoms with Crippen LogP contribution in [0.5, 0.6) is 0 Å². The van der Waals surface area contributed by atoms with Crippen LogP contribution in [0.15, 0.2) is 0 Å². The first kappa shape index (κ1) is 8.13. The maximum Gasteiger partial charge on any atom is 0.302 e. The number of hydrogen-bond donors (Lipinski definition) is 4. The van der Waals surface area contributed by atoms with Gasteiger partial charge in [-0.2, -0.15) is 4.67 Å². The standard InChI is InChI=1S/C3H7O6P/c4-1-2-3(5,6)10(2,8)9-7/h2,4-7H,1H2. The van der Waals surface area contributed by atoms with Crippen LogP contribution in [0.2, 0.25) is 0 Å². The van der Waals surface area contributed by atoms with E-state index in [1.165, 1.54) is 0 Å². The van der Waals surface area contributed by atoms with Gasteiger partial charge < -0.3 is 15.3 Å². The Labute approximate surface area is 56.1 Å². The number of hydrogen-bond acceptors (Lipinski definition) is 6. The van der Waals surface area contributed by atoms with E-state index in [-0.39, 0.29) is 0 Å². The number of rotatable bonds is 2. The zero-order valence-electron chi connectivity index (χ0n) is 4.84. The van der Waals surface area contributed by atoms with Crippen LogP contribution in [0.3, 0.4) is 0 Å². The highest BCUT2D eigenvalue weighted by molar-refractivity contribution is 7.69. The average Bonchev–Trinajstić information content (AvgIpc) is 2.29. The summed E-state index contributed by atoms with van der Waals surface area (Å²) in [5.74, 6) is 0. The molecule has 1 aliphatic rings. The van der Waals surface area contributed by atoms with E-state index >= 15 is 0 Å². The van der Waals surface area contributed by atoms with Gasteiger partial charge in [0, 0.05) is 0 Å². The lowest BCUT2D eigenvalue weighted by Crippen LogP contribution is -2.14. The van der Waals surface area contributed by atoms with Crippen molar-refractivity contribution in [2.24, 2.45) is 0 Å². The van der Waals surface area contributed by atoms with Gasteiger partial charge in [0.2, 0.25) is 0 Å². The molecule has 4 N–H and O–H groups in total. The fraction of sp³-hybridized carbons (Fsp3) is 1.00. The van der Waals surface area contributed by atoms with Crippen LogP contribution in [0.4, 0.5) is 0 Å². The molecule has 7 heteroatoms. The highest BCUT2D eigenvalue weighted by Gasteiger charge is 2.78. The Morgan fingerprint density at radius 3 is 2.20 bits per heavy atom. The quantitative estimate of drug-likeness (QED) is 0.179. The number of aliphatic hydroxyl groups excluding tert-OH is 1. The minimum atomic E-state index is -3.79. The molecule has 0 aromatic heterocycles. The molecule has 0 aromatic carbocycles. The first-order valence-electron chi connectivity index (χ1n) is 2.49. The molecule has 6 nitrogen and oxygen atoms in total. The van der Waals surface area contributed by atoms with Crippen molar-refractivity contribution in [2.75, 3.05) is 6.61 Å². The topological polar surface area (TPSA) is 107 Å². The molecule has 0 saturated carbocycles. The summed E-state index contributed by atoms with van der Waals surface area (Å²) in [6.45, 7) is -0.690. The fourth-order valence-electron chi connectivity index (χ4n) is 0.755. The maximum atomic E-state index is 10.8. The molecule has 60 valence electrons. The Kier molecular flexibility index (Phi) is 1.63. The van der Waals surface area contributed by atoms with Crippen LogP contribution >= 0.6 is 7.37 Å². The molecule has 1 rings (SSSR count). The molecule has 1 heterocycles. The third-order valence-electron chi connectivity index (χ3n) is 1.54. The third kappa shape index (κ3) is 0.687. The van der Waals surface area contributed by atoms with E-state index in [2.05, 4.69) is 4.67 Å². The van der Waals surface area contributed by atoms with Gasteiger partial charge >= 0.3 is 7.37 Å². The minimum Gasteiger partial charge on any atom is -0.395 e. The van der Waals surface area contributed by atoms with Crippen molar-refractivity contribution in [3.63, 3.8) is 0 Å². The minimum absolute atomic E-state index is 0.690. The van der Waals surface area contributed by atoms with E-state index in [4.69, 9.17) is 20.6 Å². The van der Waals surface area contributed by atoms with Crippen molar-refractivity contribution in [1.82, 2.24) is 0 Å². The van der Waals surface area contributed by atoms with Crippen molar-refractivity contribution < 1.29 is 29.8 Å². The lowest BCUT2D eigenvalue weighted by atomic mass is 10.5. The second-order valence-corrected chi connectivity index (χ2v) is 4.70. The summed E-state index contributed by atoms with van der Waals surface area (Å²) in [4.78, 5) is 0. The predicted molar refractivity (Wildman–Crippen MR) is 29.4 cm³/mol. The fourth-order valence-corrected chi connectivity index (χ4v) is 2.38. The van der Waals surface area contributed by atoms with Gasteiger partial charge in [0.15, 0.2) is 0 Å². The highest BCUT2D eigenvalue weighted by atomic mass is 31.2. The zero-order valence-corrected chi connectivity index (χ0v) is 5.73. The Morgan fingerprint density at radius 1 is 1.60 bits per heavy atom. The largest absolute Gasteiger partial charge is 0.395 e. The molecule has 1 aliphatic heterocycles. The van der Waals surface area contributed by atoms with Crippen LogP contribution in [-0.4, -0.2) is 38.4 Å². The van der Waals surface area contributed by atoms with Crippen molar-refractivity contribution >= 4 is 7.37 Å². The second kappa shape index (κ2) is 2.01. The molecule has 0 bridgehead atoms. The van der Waals surface area contributed by atoms with E-state index in [1.807, 2.05) is 0 Å². The van der Waals surface area contributed by atoms with Crippen LogP contribution in [-0.2, 0) is 9.24 Å². The van der Waals surface area contributed by atoms with Gasteiger partial charge in [0.25, 0.3) is 5.53 Å². The molecule has 2 atom stereocenters. The maximum absolute atomic E-state index is 10.8. The molecule has 1 saturated heterocycles. The summed E-state index contributed by atoms with van der Waals surface area (Å²) in [5, 5.41) is 33.5. The van der Waals surface area contributed by atoms with Crippen LogP contribution in [0, 0.1) is 0 Å². The van der Waals surface area contributed by atoms with Gasteiger partial charge in [-0.3, -0.25) is 4.57 Å². The Morgan fingerprint density at radius 2 is 2.10 bits per heavy atom. The average molecular weight is 170 g/mol. The van der Waals surface area contributed by atoms with Gasteiger partial charge in [-0.25, -0.2) is 5.26 Å². The predicted octanol–water partition coefficient (Wildman–Crippen LogP) is -1.23. The van der Waals surface area contributed by atoms with Crippen molar-refractivity contribution in [1.29, 1.82) is 0 Å². The molecule has 0 aromatic rings. The first-order chi connectivity index (χ1) is 4.50. The first-order valence-corrected chi connectivity index (χ1v) is 4.18.